The van der Waals surface area contributed by atoms with Gasteiger partial charge in [-0.3, -0.25) is 0 Å². The summed E-state index contributed by atoms with van der Waals surface area (Å²) in [6.45, 7) is 0. The number of nitrogens with zero attached hydrogens (tertiary/aromatic N) is 2. The van der Waals surface area contributed by atoms with E-state index < -0.39 is 44.7 Å². The Morgan fingerprint density at radius 2 is 1.65 bits per heavy atom. The minimum absolute atomic E-state index is 0.241. The lowest BCUT2D eigenvalue weighted by Gasteiger charge is -2.12. The van der Waals surface area contributed by atoms with Gasteiger partial charge in [0.25, 0.3) is 0 Å². The summed E-state index contributed by atoms with van der Waals surface area (Å²) in [5.74, 6) is -2.06. The SMILES string of the molecule is NS(=O)(=O)c1ccc(-c2cc(C(F)(F)F)nn2-c2cccc(OC(F)(F)F)c2)cc1F. The lowest BCUT2D eigenvalue weighted by molar-refractivity contribution is -0.274. The Labute approximate surface area is 169 Å². The molecular weight excluding hydrogens is 459 g/mol. The van der Waals surface area contributed by atoms with Gasteiger partial charge in [0.1, 0.15) is 16.5 Å². The predicted octanol–water partition coefficient (Wildman–Crippen LogP) is 4.24. The van der Waals surface area contributed by atoms with Gasteiger partial charge in [-0.25, -0.2) is 22.6 Å². The quantitative estimate of drug-likeness (QED) is 0.579. The molecule has 0 bridgehead atoms. The summed E-state index contributed by atoms with van der Waals surface area (Å²) in [6, 6.07) is 6.80. The summed E-state index contributed by atoms with van der Waals surface area (Å²) in [6.07, 6.45) is -9.98. The van der Waals surface area contributed by atoms with E-state index in [0.717, 1.165) is 36.4 Å². The first-order valence-electron chi connectivity index (χ1n) is 8.01. The maximum Gasteiger partial charge on any atom is 0.573 e. The summed E-state index contributed by atoms with van der Waals surface area (Å²) >= 11 is 0. The maximum atomic E-state index is 14.2. The molecule has 2 N–H and O–H groups in total. The summed E-state index contributed by atoms with van der Waals surface area (Å²) in [7, 11) is -4.44. The Bertz CT molecular complexity index is 1230. The van der Waals surface area contributed by atoms with Gasteiger partial charge in [-0.15, -0.1) is 13.2 Å². The van der Waals surface area contributed by atoms with E-state index >= 15 is 0 Å². The van der Waals surface area contributed by atoms with Crippen LogP contribution < -0.4 is 9.88 Å². The van der Waals surface area contributed by atoms with Crippen LogP contribution in [0, 0.1) is 5.82 Å². The smallest absolute Gasteiger partial charge is 0.406 e. The fraction of sp³-hybridized carbons (Fsp3) is 0.118. The molecule has 0 saturated heterocycles. The minimum Gasteiger partial charge on any atom is -0.406 e. The van der Waals surface area contributed by atoms with Gasteiger partial charge in [0.05, 0.1) is 11.4 Å². The molecular formula is C17H10F7N3O3S. The number of sulfonamides is 1. The number of rotatable bonds is 4. The van der Waals surface area contributed by atoms with Gasteiger partial charge in [0, 0.05) is 11.6 Å². The molecule has 0 fully saturated rings. The van der Waals surface area contributed by atoms with Crippen LogP contribution in [0.1, 0.15) is 5.69 Å². The highest BCUT2D eigenvalue weighted by Crippen LogP contribution is 2.35. The van der Waals surface area contributed by atoms with Crippen LogP contribution in [0.15, 0.2) is 53.4 Å². The Morgan fingerprint density at radius 3 is 2.19 bits per heavy atom. The zero-order valence-electron chi connectivity index (χ0n) is 14.9. The Balaban J connectivity index is 2.18. The van der Waals surface area contributed by atoms with Crippen molar-refractivity contribution in [2.75, 3.05) is 0 Å². The topological polar surface area (TPSA) is 87.2 Å². The second-order valence-electron chi connectivity index (χ2n) is 6.06. The molecule has 1 aromatic heterocycles. The number of alkyl halides is 6. The highest BCUT2D eigenvalue weighted by Gasteiger charge is 2.36. The zero-order valence-corrected chi connectivity index (χ0v) is 15.7. The molecule has 0 amide bonds. The number of aromatic nitrogens is 2. The van der Waals surface area contributed by atoms with Gasteiger partial charge < -0.3 is 4.74 Å². The van der Waals surface area contributed by atoms with Crippen molar-refractivity contribution in [2.24, 2.45) is 5.14 Å². The molecule has 0 saturated carbocycles. The molecule has 0 aliphatic carbocycles. The monoisotopic (exact) mass is 469 g/mol. The van der Waals surface area contributed by atoms with Gasteiger partial charge in [-0.05, 0) is 30.3 Å². The van der Waals surface area contributed by atoms with E-state index in [4.69, 9.17) is 5.14 Å². The van der Waals surface area contributed by atoms with Crippen molar-refractivity contribution in [3.05, 3.63) is 60.0 Å². The molecule has 3 aromatic rings. The fourth-order valence-electron chi connectivity index (χ4n) is 2.63. The number of primary sulfonamides is 1. The lowest BCUT2D eigenvalue weighted by atomic mass is 10.1. The molecule has 1 heterocycles. The Kier molecular flexibility index (Phi) is 5.48. The number of ether oxygens (including phenoxy) is 1. The molecule has 2 aromatic carbocycles. The Morgan fingerprint density at radius 1 is 0.968 bits per heavy atom. The second kappa shape index (κ2) is 7.53. The van der Waals surface area contributed by atoms with Crippen molar-refractivity contribution >= 4 is 10.0 Å². The molecule has 0 atom stereocenters. The van der Waals surface area contributed by atoms with E-state index in [9.17, 15) is 39.2 Å². The van der Waals surface area contributed by atoms with E-state index in [-0.39, 0.29) is 16.9 Å². The number of nitrogens with two attached hydrogens (primary N) is 1. The van der Waals surface area contributed by atoms with Crippen LogP contribution in [0.2, 0.25) is 0 Å². The number of benzene rings is 2. The number of halogens is 7. The van der Waals surface area contributed by atoms with E-state index in [1.165, 1.54) is 0 Å². The third-order valence-electron chi connectivity index (χ3n) is 3.83. The van der Waals surface area contributed by atoms with Crippen LogP contribution >= 0.6 is 0 Å². The maximum absolute atomic E-state index is 14.2. The second-order valence-corrected chi connectivity index (χ2v) is 7.59. The predicted molar refractivity (Wildman–Crippen MR) is 92.0 cm³/mol. The Hall–Kier alpha value is -3.13. The van der Waals surface area contributed by atoms with Gasteiger partial charge in [-0.1, -0.05) is 12.1 Å². The largest absolute Gasteiger partial charge is 0.573 e. The highest BCUT2D eigenvalue weighted by molar-refractivity contribution is 7.89. The van der Waals surface area contributed by atoms with Crippen molar-refractivity contribution in [1.82, 2.24) is 9.78 Å². The minimum atomic E-state index is -5.05. The molecule has 0 aliphatic heterocycles. The van der Waals surface area contributed by atoms with Crippen molar-refractivity contribution in [1.29, 1.82) is 0 Å². The van der Waals surface area contributed by atoms with Gasteiger partial charge in [0.15, 0.2) is 5.69 Å². The van der Waals surface area contributed by atoms with E-state index in [2.05, 4.69) is 9.84 Å². The van der Waals surface area contributed by atoms with Crippen LogP contribution in [0.25, 0.3) is 16.9 Å². The van der Waals surface area contributed by atoms with Crippen molar-refractivity contribution in [3.8, 4) is 22.7 Å². The van der Waals surface area contributed by atoms with Crippen LogP contribution in [0.4, 0.5) is 30.7 Å². The third kappa shape index (κ3) is 5.14. The van der Waals surface area contributed by atoms with Crippen molar-refractivity contribution in [2.45, 2.75) is 17.4 Å². The molecule has 166 valence electrons. The van der Waals surface area contributed by atoms with Gasteiger partial charge in [-0.2, -0.15) is 18.3 Å². The molecule has 0 unspecified atom stereocenters. The van der Waals surface area contributed by atoms with E-state index in [1.54, 1.807) is 0 Å². The highest BCUT2D eigenvalue weighted by atomic mass is 32.2. The van der Waals surface area contributed by atoms with Crippen LogP contribution in [-0.4, -0.2) is 24.6 Å². The number of hydrogen-bond donors (Lipinski definition) is 1. The first-order chi connectivity index (χ1) is 14.1. The molecule has 0 radical (unpaired) electrons. The first-order valence-corrected chi connectivity index (χ1v) is 9.56. The summed E-state index contributed by atoms with van der Waals surface area (Å²) < 4.78 is 118. The zero-order chi connectivity index (χ0) is 23.2. The van der Waals surface area contributed by atoms with E-state index in [0.29, 0.717) is 16.8 Å². The molecule has 3 rings (SSSR count). The van der Waals surface area contributed by atoms with Gasteiger partial charge in [0.2, 0.25) is 10.0 Å². The fourth-order valence-corrected chi connectivity index (χ4v) is 3.21. The van der Waals surface area contributed by atoms with Crippen molar-refractivity contribution < 1.29 is 43.9 Å². The van der Waals surface area contributed by atoms with E-state index in [1.807, 2.05) is 0 Å². The summed E-state index contributed by atoms with van der Waals surface area (Å²) in [4.78, 5) is -0.890. The van der Waals surface area contributed by atoms with Gasteiger partial charge >= 0.3 is 12.5 Å². The van der Waals surface area contributed by atoms with Crippen molar-refractivity contribution in [3.63, 3.8) is 0 Å². The molecule has 14 heteroatoms. The average molecular weight is 469 g/mol. The standard InChI is InChI=1S/C17H10F7N3O3S/c18-12-6-9(4-5-14(12)31(25,28)29)13-8-15(16(19,20)21)26-27(13)10-2-1-3-11(7-10)30-17(22,23)24/h1-8H,(H2,25,28,29). The van der Waals surface area contributed by atoms with Crippen LogP contribution in [-0.2, 0) is 16.2 Å². The molecule has 6 nitrogen and oxygen atoms in total. The van der Waals surface area contributed by atoms with Crippen LogP contribution in [0.3, 0.4) is 0 Å². The summed E-state index contributed by atoms with van der Waals surface area (Å²) in [5, 5.41) is 8.21. The molecule has 0 aliphatic rings. The number of hydrogen-bond acceptors (Lipinski definition) is 4. The first kappa shape index (κ1) is 22.6. The average Bonchev–Trinajstić information content (AvgIpc) is 3.05. The third-order valence-corrected chi connectivity index (χ3v) is 4.77. The normalized spacial score (nSPS) is 12.8. The summed E-state index contributed by atoms with van der Waals surface area (Å²) in [5.41, 5.74) is -2.30. The lowest BCUT2D eigenvalue weighted by Crippen LogP contribution is -2.17. The van der Waals surface area contributed by atoms with Crippen LogP contribution in [0.5, 0.6) is 5.75 Å². The molecule has 0 spiro atoms. The molecule has 31 heavy (non-hydrogen) atoms.